The number of hydrogen-bond acceptors (Lipinski definition) is 3. The van der Waals surface area contributed by atoms with Gasteiger partial charge in [-0.3, -0.25) is 0 Å². The van der Waals surface area contributed by atoms with Crippen LogP contribution in [0.3, 0.4) is 0 Å². The third kappa shape index (κ3) is 3.38. The molecule has 3 aliphatic rings. The van der Waals surface area contributed by atoms with Gasteiger partial charge in [-0.1, -0.05) is 42.5 Å². The van der Waals surface area contributed by atoms with Gasteiger partial charge in [-0.05, 0) is 68.0 Å². The summed E-state index contributed by atoms with van der Waals surface area (Å²) in [5.41, 5.74) is 1.52. The molecule has 2 aromatic rings. The molecule has 140 valence electrons. The predicted octanol–water partition coefficient (Wildman–Crippen LogP) is 4.10. The molecule has 3 nitrogen and oxygen atoms in total. The van der Waals surface area contributed by atoms with E-state index in [0.29, 0.717) is 11.8 Å². The fourth-order valence-corrected chi connectivity index (χ4v) is 4.94. The molecule has 0 spiro atoms. The Hall–Kier alpha value is -1.84. The minimum Gasteiger partial charge on any atom is -0.497 e. The number of hydrogen-bond donors (Lipinski definition) is 1. The summed E-state index contributed by atoms with van der Waals surface area (Å²) in [6.07, 6.45) is 4.04. The monoisotopic (exact) mass is 353 g/mol. The van der Waals surface area contributed by atoms with Gasteiger partial charge in [-0.15, -0.1) is 0 Å². The molecule has 3 heterocycles. The van der Waals surface area contributed by atoms with E-state index < -0.39 is 5.60 Å². The molecule has 5 rings (SSSR count). The second-order valence-electron chi connectivity index (χ2n) is 7.89. The highest BCUT2D eigenvalue weighted by Gasteiger charge is 2.47. The number of benzene rings is 2. The number of rotatable bonds is 6. The standard InChI is InChI=1S/C23H29NO2.H2/c1-26-21-9-5-6-18(16-21)10-13-23(25,20-7-3-2-4-8-20)22-17-24-14-11-19(22)12-15-24;/h2-9,16,19,22,25H,10-15,17H2,1H3;1H. The fourth-order valence-electron chi connectivity index (χ4n) is 4.94. The van der Waals surface area contributed by atoms with Crippen molar-refractivity contribution in [2.45, 2.75) is 31.3 Å². The van der Waals surface area contributed by atoms with Gasteiger partial charge in [0, 0.05) is 13.9 Å². The van der Waals surface area contributed by atoms with E-state index in [4.69, 9.17) is 4.74 Å². The molecular formula is C23H31NO2. The normalized spacial score (nSPS) is 27.1. The van der Waals surface area contributed by atoms with Gasteiger partial charge in [0.25, 0.3) is 0 Å². The number of methoxy groups -OCH3 is 1. The van der Waals surface area contributed by atoms with E-state index in [1.165, 1.54) is 31.5 Å². The van der Waals surface area contributed by atoms with Gasteiger partial charge in [-0.25, -0.2) is 0 Å². The maximum atomic E-state index is 12.0. The predicted molar refractivity (Wildman–Crippen MR) is 106 cm³/mol. The lowest BCUT2D eigenvalue weighted by molar-refractivity contribution is -0.106. The van der Waals surface area contributed by atoms with Crippen LogP contribution < -0.4 is 4.74 Å². The van der Waals surface area contributed by atoms with Crippen molar-refractivity contribution in [2.24, 2.45) is 11.8 Å². The Morgan fingerprint density at radius 3 is 2.54 bits per heavy atom. The molecule has 26 heavy (non-hydrogen) atoms. The molecule has 3 fully saturated rings. The average Bonchev–Trinajstić information content (AvgIpc) is 2.73. The number of aryl methyl sites for hydroxylation is 1. The van der Waals surface area contributed by atoms with Crippen LogP contribution in [0.1, 0.15) is 31.8 Å². The summed E-state index contributed by atoms with van der Waals surface area (Å²) in [6, 6.07) is 18.5. The first-order valence-electron chi connectivity index (χ1n) is 9.82. The quantitative estimate of drug-likeness (QED) is 0.848. The van der Waals surface area contributed by atoms with Crippen molar-refractivity contribution in [1.82, 2.24) is 4.90 Å². The highest BCUT2D eigenvalue weighted by molar-refractivity contribution is 5.30. The highest BCUT2D eigenvalue weighted by atomic mass is 16.5. The third-order valence-electron chi connectivity index (χ3n) is 6.47. The zero-order valence-corrected chi connectivity index (χ0v) is 15.6. The van der Waals surface area contributed by atoms with E-state index in [1.807, 2.05) is 30.3 Å². The van der Waals surface area contributed by atoms with Crippen molar-refractivity contribution in [3.05, 3.63) is 65.7 Å². The van der Waals surface area contributed by atoms with Crippen molar-refractivity contribution in [3.8, 4) is 5.75 Å². The van der Waals surface area contributed by atoms with Crippen LogP contribution in [0.4, 0.5) is 0 Å². The first-order chi connectivity index (χ1) is 12.7. The highest BCUT2D eigenvalue weighted by Crippen LogP contribution is 2.45. The molecule has 0 aliphatic carbocycles. The van der Waals surface area contributed by atoms with Crippen LogP contribution in [0.5, 0.6) is 5.75 Å². The van der Waals surface area contributed by atoms with E-state index in [0.717, 1.165) is 30.7 Å². The molecule has 0 aromatic heterocycles. The van der Waals surface area contributed by atoms with Crippen LogP contribution in [0.2, 0.25) is 0 Å². The zero-order valence-electron chi connectivity index (χ0n) is 15.6. The summed E-state index contributed by atoms with van der Waals surface area (Å²) in [4.78, 5) is 2.53. The summed E-state index contributed by atoms with van der Waals surface area (Å²) >= 11 is 0. The van der Waals surface area contributed by atoms with Crippen molar-refractivity contribution >= 4 is 0 Å². The van der Waals surface area contributed by atoms with E-state index in [-0.39, 0.29) is 1.43 Å². The molecular weight excluding hydrogens is 322 g/mol. The van der Waals surface area contributed by atoms with Gasteiger partial charge >= 0.3 is 0 Å². The van der Waals surface area contributed by atoms with Crippen molar-refractivity contribution in [2.75, 3.05) is 26.7 Å². The SMILES string of the molecule is COc1cccc(CCC(O)(c2ccccc2)C2CN3CCC2CC3)c1.[HH]. The van der Waals surface area contributed by atoms with E-state index in [1.54, 1.807) is 7.11 Å². The number of fused-ring (bicyclic) bond motifs is 3. The lowest BCUT2D eigenvalue weighted by atomic mass is 9.66. The number of piperidine rings is 3. The summed E-state index contributed by atoms with van der Waals surface area (Å²) in [7, 11) is 1.70. The largest absolute Gasteiger partial charge is 0.497 e. The fraction of sp³-hybridized carbons (Fsp3) is 0.478. The maximum absolute atomic E-state index is 12.0. The molecule has 3 heteroatoms. The average molecular weight is 354 g/mol. The van der Waals surface area contributed by atoms with Gasteiger partial charge in [0.2, 0.25) is 0 Å². The number of nitrogens with zero attached hydrogens (tertiary/aromatic N) is 1. The Labute approximate surface area is 158 Å². The van der Waals surface area contributed by atoms with Crippen LogP contribution in [-0.4, -0.2) is 36.8 Å². The molecule has 3 aliphatic heterocycles. The molecule has 0 amide bonds. The Morgan fingerprint density at radius 2 is 1.88 bits per heavy atom. The van der Waals surface area contributed by atoms with E-state index in [9.17, 15) is 5.11 Å². The van der Waals surface area contributed by atoms with Crippen molar-refractivity contribution < 1.29 is 11.3 Å². The molecule has 0 radical (unpaired) electrons. The molecule has 1 N–H and O–H groups in total. The van der Waals surface area contributed by atoms with Crippen LogP contribution in [0.25, 0.3) is 0 Å². The zero-order chi connectivity index (χ0) is 18.0. The molecule has 2 unspecified atom stereocenters. The molecule has 2 bridgehead atoms. The number of aliphatic hydroxyl groups is 1. The lowest BCUT2D eigenvalue weighted by Crippen LogP contribution is -2.55. The molecule has 0 saturated carbocycles. The van der Waals surface area contributed by atoms with Gasteiger partial charge < -0.3 is 14.7 Å². The van der Waals surface area contributed by atoms with E-state index >= 15 is 0 Å². The third-order valence-corrected chi connectivity index (χ3v) is 6.47. The number of ether oxygens (including phenoxy) is 1. The second-order valence-corrected chi connectivity index (χ2v) is 7.89. The first-order valence-corrected chi connectivity index (χ1v) is 9.82. The topological polar surface area (TPSA) is 32.7 Å². The second kappa shape index (κ2) is 7.42. The van der Waals surface area contributed by atoms with Gasteiger partial charge in [0.1, 0.15) is 5.75 Å². The summed E-state index contributed by atoms with van der Waals surface area (Å²) in [5.74, 6) is 1.84. The Balaban J connectivity index is 0.00000210. The van der Waals surface area contributed by atoms with Gasteiger partial charge in [0.05, 0.1) is 12.7 Å². The molecule has 2 aromatic carbocycles. The van der Waals surface area contributed by atoms with Crippen LogP contribution >= 0.6 is 0 Å². The first kappa shape index (κ1) is 17.6. The molecule has 3 saturated heterocycles. The van der Waals surface area contributed by atoms with Crippen molar-refractivity contribution in [3.63, 3.8) is 0 Å². The Morgan fingerprint density at radius 1 is 1.12 bits per heavy atom. The Kier molecular flexibility index (Phi) is 5.01. The van der Waals surface area contributed by atoms with Crippen LogP contribution in [0, 0.1) is 11.8 Å². The minimum atomic E-state index is -0.770. The van der Waals surface area contributed by atoms with Crippen LogP contribution in [-0.2, 0) is 12.0 Å². The van der Waals surface area contributed by atoms with Gasteiger partial charge in [0.15, 0.2) is 0 Å². The van der Waals surface area contributed by atoms with E-state index in [2.05, 4.69) is 29.2 Å². The Bertz CT molecular complexity index is 730. The minimum absolute atomic E-state index is 0. The molecule has 2 atom stereocenters. The van der Waals surface area contributed by atoms with Crippen molar-refractivity contribution in [1.29, 1.82) is 0 Å². The lowest BCUT2D eigenvalue weighted by Gasteiger charge is -2.51. The van der Waals surface area contributed by atoms with Gasteiger partial charge in [-0.2, -0.15) is 0 Å². The smallest absolute Gasteiger partial charge is 0.119 e. The summed E-state index contributed by atoms with van der Waals surface area (Å²) < 4.78 is 5.36. The van der Waals surface area contributed by atoms with Crippen LogP contribution in [0.15, 0.2) is 54.6 Å². The maximum Gasteiger partial charge on any atom is 0.119 e. The summed E-state index contributed by atoms with van der Waals surface area (Å²) in [6.45, 7) is 3.41. The summed E-state index contributed by atoms with van der Waals surface area (Å²) in [5, 5.41) is 12.0.